The summed E-state index contributed by atoms with van der Waals surface area (Å²) in [6.07, 6.45) is 2.69. The number of hydrogen-bond donors (Lipinski definition) is 1. The molecular weight excluding hydrogens is 390 g/mol. The minimum atomic E-state index is -0.927. The van der Waals surface area contributed by atoms with E-state index in [1.165, 1.54) is 5.69 Å². The first-order chi connectivity index (χ1) is 15.0. The van der Waals surface area contributed by atoms with Gasteiger partial charge >= 0.3 is 0 Å². The molecule has 2 aliphatic rings. The molecule has 162 valence electrons. The zero-order valence-corrected chi connectivity index (χ0v) is 18.2. The van der Waals surface area contributed by atoms with Crippen LogP contribution in [0.4, 0.5) is 17.5 Å². The first-order valence-electron chi connectivity index (χ1n) is 10.9. The topological polar surface area (TPSA) is 88.4 Å². The summed E-state index contributed by atoms with van der Waals surface area (Å²) in [6, 6.07) is 12.5. The van der Waals surface area contributed by atoms with Crippen LogP contribution in [0.1, 0.15) is 25.3 Å². The van der Waals surface area contributed by atoms with Crippen LogP contribution in [0.25, 0.3) is 0 Å². The number of benzene rings is 1. The van der Waals surface area contributed by atoms with Crippen molar-refractivity contribution in [1.29, 1.82) is 5.26 Å². The molecule has 1 unspecified atom stereocenters. The molecule has 0 aliphatic carbocycles. The Balaban J connectivity index is 1.38. The van der Waals surface area contributed by atoms with Gasteiger partial charge in [0.1, 0.15) is 11.2 Å². The first-order valence-corrected chi connectivity index (χ1v) is 10.9. The van der Waals surface area contributed by atoms with Gasteiger partial charge in [0.25, 0.3) is 0 Å². The minimum Gasteiger partial charge on any atom is -0.369 e. The second kappa shape index (κ2) is 8.90. The van der Waals surface area contributed by atoms with Crippen molar-refractivity contribution in [3.05, 3.63) is 42.1 Å². The van der Waals surface area contributed by atoms with E-state index in [9.17, 15) is 10.1 Å². The predicted molar refractivity (Wildman–Crippen MR) is 121 cm³/mol. The molecule has 8 nitrogen and oxygen atoms in total. The van der Waals surface area contributed by atoms with Crippen LogP contribution in [0.5, 0.6) is 0 Å². The van der Waals surface area contributed by atoms with E-state index in [2.05, 4.69) is 62.5 Å². The summed E-state index contributed by atoms with van der Waals surface area (Å²) in [5, 5.41) is 12.7. The second-order valence-electron chi connectivity index (χ2n) is 8.30. The molecule has 2 saturated heterocycles. The molecule has 2 aliphatic heterocycles. The third-order valence-corrected chi connectivity index (χ3v) is 6.41. The molecule has 1 N–H and O–H groups in total. The molecule has 31 heavy (non-hydrogen) atoms. The van der Waals surface area contributed by atoms with Gasteiger partial charge in [-0.2, -0.15) is 10.2 Å². The van der Waals surface area contributed by atoms with Crippen molar-refractivity contribution in [2.75, 3.05) is 54.9 Å². The Kier molecular flexibility index (Phi) is 6.05. The van der Waals surface area contributed by atoms with Gasteiger partial charge in [-0.05, 0) is 43.7 Å². The number of nitrogens with zero attached hydrogens (tertiary/aromatic N) is 6. The highest BCUT2D eigenvalue weighted by atomic mass is 16.2. The number of carbonyl (C=O) groups excluding carboxylic acids is 1. The van der Waals surface area contributed by atoms with Crippen LogP contribution in [-0.4, -0.2) is 60.5 Å². The Hall–Kier alpha value is -3.18. The number of likely N-dealkylation sites (N-methyl/N-ethyl adjacent to an activating group) is 1. The average Bonchev–Trinajstić information content (AvgIpc) is 3.15. The normalized spacial score (nSPS) is 21.9. The molecule has 1 atom stereocenters. The van der Waals surface area contributed by atoms with Crippen LogP contribution in [-0.2, 0) is 11.3 Å². The van der Waals surface area contributed by atoms with Crippen LogP contribution >= 0.6 is 0 Å². The van der Waals surface area contributed by atoms with Crippen LogP contribution in [0, 0.1) is 16.7 Å². The van der Waals surface area contributed by atoms with Crippen molar-refractivity contribution in [2.24, 2.45) is 5.41 Å². The molecule has 0 radical (unpaired) electrons. The molecule has 2 fully saturated rings. The maximum absolute atomic E-state index is 12.8. The Bertz CT molecular complexity index is 963. The van der Waals surface area contributed by atoms with Gasteiger partial charge in [-0.15, -0.1) is 0 Å². The lowest BCUT2D eigenvalue weighted by Crippen LogP contribution is -2.44. The lowest BCUT2D eigenvalue weighted by Gasteiger charge is -2.34. The largest absolute Gasteiger partial charge is 0.369 e. The van der Waals surface area contributed by atoms with Gasteiger partial charge in [0.2, 0.25) is 11.9 Å². The molecule has 2 aromatic rings. The number of anilines is 3. The van der Waals surface area contributed by atoms with E-state index in [1.54, 1.807) is 17.2 Å². The number of carbonyl (C=O) groups is 1. The molecule has 3 heterocycles. The molecule has 1 amide bonds. The molecule has 1 aromatic heterocycles. The third-order valence-electron chi connectivity index (χ3n) is 6.41. The van der Waals surface area contributed by atoms with Gasteiger partial charge in [0.15, 0.2) is 0 Å². The summed E-state index contributed by atoms with van der Waals surface area (Å²) in [6.45, 7) is 7.26. The van der Waals surface area contributed by atoms with Crippen molar-refractivity contribution < 1.29 is 4.79 Å². The third kappa shape index (κ3) is 4.32. The first kappa shape index (κ1) is 21.1. The maximum atomic E-state index is 12.8. The van der Waals surface area contributed by atoms with Crippen LogP contribution in [0.15, 0.2) is 36.5 Å². The summed E-state index contributed by atoms with van der Waals surface area (Å²) >= 11 is 0. The number of piperazine rings is 1. The zero-order valence-electron chi connectivity index (χ0n) is 18.2. The van der Waals surface area contributed by atoms with Gasteiger partial charge < -0.3 is 15.1 Å². The quantitative estimate of drug-likeness (QED) is 0.769. The standard InChI is InChI=1S/C23H29N7O/c1-3-23(17-24)9-11-30(21(23)31)20-8-10-25-22(27-20)26-16-18-4-6-19(7-5-18)29-14-12-28(2)13-15-29/h4-8,10H,3,9,11-16H2,1-2H3,(H,25,26,27). The molecule has 4 rings (SSSR count). The number of nitriles is 1. The van der Waals surface area contributed by atoms with Crippen molar-refractivity contribution in [1.82, 2.24) is 14.9 Å². The number of amides is 1. The molecule has 1 aromatic carbocycles. The second-order valence-corrected chi connectivity index (χ2v) is 8.30. The molecule has 0 spiro atoms. The Morgan fingerprint density at radius 2 is 1.87 bits per heavy atom. The number of aromatic nitrogens is 2. The average molecular weight is 420 g/mol. The highest BCUT2D eigenvalue weighted by Gasteiger charge is 2.46. The molecule has 8 heteroatoms. The summed E-state index contributed by atoms with van der Waals surface area (Å²) < 4.78 is 0. The molecular formula is C23H29N7O. The Morgan fingerprint density at radius 3 is 2.52 bits per heavy atom. The van der Waals surface area contributed by atoms with Gasteiger partial charge in [0, 0.05) is 51.2 Å². The van der Waals surface area contributed by atoms with Crippen LogP contribution < -0.4 is 15.1 Å². The van der Waals surface area contributed by atoms with E-state index in [1.807, 2.05) is 6.92 Å². The number of nitrogens with one attached hydrogen (secondary N) is 1. The number of rotatable bonds is 6. The zero-order chi connectivity index (χ0) is 21.8. The SMILES string of the molecule is CCC1(C#N)CCN(c2ccnc(NCc3ccc(N4CCN(C)CC4)cc3)n2)C1=O. The summed E-state index contributed by atoms with van der Waals surface area (Å²) in [5.41, 5.74) is 1.46. The lowest BCUT2D eigenvalue weighted by atomic mass is 9.85. The van der Waals surface area contributed by atoms with Gasteiger partial charge in [-0.1, -0.05) is 19.1 Å². The van der Waals surface area contributed by atoms with E-state index in [0.29, 0.717) is 37.7 Å². The van der Waals surface area contributed by atoms with Crippen molar-refractivity contribution in [2.45, 2.75) is 26.3 Å². The number of hydrogen-bond acceptors (Lipinski definition) is 7. The van der Waals surface area contributed by atoms with E-state index in [-0.39, 0.29) is 5.91 Å². The van der Waals surface area contributed by atoms with Crippen molar-refractivity contribution >= 4 is 23.4 Å². The van der Waals surface area contributed by atoms with E-state index in [0.717, 1.165) is 31.7 Å². The fraction of sp³-hybridized carbons (Fsp3) is 0.478. The summed E-state index contributed by atoms with van der Waals surface area (Å²) in [5.74, 6) is 0.847. The van der Waals surface area contributed by atoms with E-state index < -0.39 is 5.41 Å². The van der Waals surface area contributed by atoms with Crippen molar-refractivity contribution in [3.63, 3.8) is 0 Å². The van der Waals surface area contributed by atoms with E-state index >= 15 is 0 Å². The van der Waals surface area contributed by atoms with Crippen LogP contribution in [0.3, 0.4) is 0 Å². The smallest absolute Gasteiger partial charge is 0.248 e. The van der Waals surface area contributed by atoms with Crippen molar-refractivity contribution in [3.8, 4) is 6.07 Å². The summed E-state index contributed by atoms with van der Waals surface area (Å²) in [4.78, 5) is 27.9. The molecule has 0 bridgehead atoms. The predicted octanol–water partition coefficient (Wildman–Crippen LogP) is 2.50. The van der Waals surface area contributed by atoms with Gasteiger partial charge in [-0.25, -0.2) is 4.98 Å². The van der Waals surface area contributed by atoms with Crippen LogP contribution in [0.2, 0.25) is 0 Å². The van der Waals surface area contributed by atoms with Gasteiger partial charge in [-0.3, -0.25) is 9.69 Å². The highest BCUT2D eigenvalue weighted by molar-refractivity contribution is 6.01. The molecule has 0 saturated carbocycles. The summed E-state index contributed by atoms with van der Waals surface area (Å²) in [7, 11) is 2.16. The monoisotopic (exact) mass is 419 g/mol. The fourth-order valence-corrected chi connectivity index (χ4v) is 4.15. The highest BCUT2D eigenvalue weighted by Crippen LogP contribution is 2.36. The van der Waals surface area contributed by atoms with E-state index in [4.69, 9.17) is 0 Å². The van der Waals surface area contributed by atoms with Gasteiger partial charge in [0.05, 0.1) is 6.07 Å². The Labute approximate surface area is 183 Å². The lowest BCUT2D eigenvalue weighted by molar-refractivity contribution is -0.123. The minimum absolute atomic E-state index is 0.165. The maximum Gasteiger partial charge on any atom is 0.248 e. The fourth-order valence-electron chi connectivity index (χ4n) is 4.15. The Morgan fingerprint density at radius 1 is 1.13 bits per heavy atom.